The van der Waals surface area contributed by atoms with Crippen LogP contribution >= 0.6 is 0 Å². The van der Waals surface area contributed by atoms with Crippen molar-refractivity contribution in [1.29, 1.82) is 0 Å². The first-order valence-electron chi connectivity index (χ1n) is 9.96. The van der Waals surface area contributed by atoms with E-state index < -0.39 is 0 Å². The summed E-state index contributed by atoms with van der Waals surface area (Å²) in [5.74, 6) is 1.09. The Hall–Kier alpha value is -4.12. The Bertz CT molecular complexity index is 1170. The predicted octanol–water partition coefficient (Wildman–Crippen LogP) is 4.95. The molecule has 5 heteroatoms. The van der Waals surface area contributed by atoms with Gasteiger partial charge in [0.15, 0.2) is 6.61 Å². The fraction of sp³-hybridized carbons (Fsp3) is 0.0769. The molecular weight excluding hydrogens is 388 g/mol. The maximum atomic E-state index is 12.0. The molecule has 0 bridgehead atoms. The highest BCUT2D eigenvalue weighted by molar-refractivity contribution is 5.84. The van der Waals surface area contributed by atoms with Gasteiger partial charge in [0, 0.05) is 0 Å². The summed E-state index contributed by atoms with van der Waals surface area (Å²) < 4.78 is 11.3. The van der Waals surface area contributed by atoms with E-state index in [1.54, 1.807) is 6.21 Å². The van der Waals surface area contributed by atoms with Crippen molar-refractivity contribution in [2.24, 2.45) is 5.10 Å². The number of carbonyl (C=O) groups excluding carboxylic acids is 1. The third-order valence-corrected chi connectivity index (χ3v) is 4.62. The molecule has 0 aliphatic heterocycles. The largest absolute Gasteiger partial charge is 0.489 e. The van der Waals surface area contributed by atoms with Crippen LogP contribution in [0.2, 0.25) is 0 Å². The zero-order chi connectivity index (χ0) is 21.3. The number of carbonyl (C=O) groups is 1. The molecule has 0 heterocycles. The monoisotopic (exact) mass is 410 g/mol. The lowest BCUT2D eigenvalue weighted by molar-refractivity contribution is -0.123. The van der Waals surface area contributed by atoms with E-state index in [0.717, 1.165) is 27.6 Å². The van der Waals surface area contributed by atoms with Gasteiger partial charge in [0.25, 0.3) is 5.91 Å². The molecule has 0 atom stereocenters. The van der Waals surface area contributed by atoms with Crippen LogP contribution in [0.25, 0.3) is 10.8 Å². The second-order valence-corrected chi connectivity index (χ2v) is 6.93. The van der Waals surface area contributed by atoms with Crippen molar-refractivity contribution >= 4 is 22.9 Å². The van der Waals surface area contributed by atoms with Crippen LogP contribution in [0.1, 0.15) is 11.1 Å². The van der Waals surface area contributed by atoms with Gasteiger partial charge in [0.2, 0.25) is 0 Å². The lowest BCUT2D eigenvalue weighted by Gasteiger charge is -2.07. The van der Waals surface area contributed by atoms with Crippen LogP contribution in [-0.2, 0) is 11.4 Å². The standard InChI is InChI=1S/C26H22N2O3/c29-26(19-31-25-15-12-22-8-4-5-9-23(22)16-25)28-27-17-20-10-13-24(14-11-20)30-18-21-6-2-1-3-7-21/h1-17H,18-19H2,(H,28,29)/b27-17+. The summed E-state index contributed by atoms with van der Waals surface area (Å²) in [7, 11) is 0. The second kappa shape index (κ2) is 10.1. The number of hydrogen-bond acceptors (Lipinski definition) is 4. The number of nitrogens with zero attached hydrogens (tertiary/aromatic N) is 1. The molecule has 0 saturated heterocycles. The molecule has 5 nitrogen and oxygen atoms in total. The first-order chi connectivity index (χ1) is 15.3. The van der Waals surface area contributed by atoms with Gasteiger partial charge < -0.3 is 9.47 Å². The number of nitrogens with one attached hydrogen (secondary N) is 1. The zero-order valence-electron chi connectivity index (χ0n) is 16.9. The summed E-state index contributed by atoms with van der Waals surface area (Å²) in [6, 6.07) is 31.2. The van der Waals surface area contributed by atoms with Crippen molar-refractivity contribution in [3.05, 3.63) is 108 Å². The van der Waals surface area contributed by atoms with E-state index in [4.69, 9.17) is 9.47 Å². The highest BCUT2D eigenvalue weighted by Crippen LogP contribution is 2.20. The van der Waals surface area contributed by atoms with Crippen molar-refractivity contribution in [3.63, 3.8) is 0 Å². The number of fused-ring (bicyclic) bond motifs is 1. The molecule has 0 radical (unpaired) electrons. The SMILES string of the molecule is O=C(COc1ccc2ccccc2c1)N/N=C/c1ccc(OCc2ccccc2)cc1. The molecule has 31 heavy (non-hydrogen) atoms. The molecule has 0 unspecified atom stereocenters. The van der Waals surface area contributed by atoms with Gasteiger partial charge >= 0.3 is 0 Å². The Morgan fingerprint density at radius 3 is 2.29 bits per heavy atom. The molecule has 4 rings (SSSR count). The van der Waals surface area contributed by atoms with Crippen molar-refractivity contribution in [1.82, 2.24) is 5.43 Å². The predicted molar refractivity (Wildman–Crippen MR) is 122 cm³/mol. The van der Waals surface area contributed by atoms with Crippen LogP contribution in [0.4, 0.5) is 0 Å². The average Bonchev–Trinajstić information content (AvgIpc) is 2.83. The summed E-state index contributed by atoms with van der Waals surface area (Å²) >= 11 is 0. The van der Waals surface area contributed by atoms with Gasteiger partial charge in [0.05, 0.1) is 6.21 Å². The summed E-state index contributed by atoms with van der Waals surface area (Å²) in [4.78, 5) is 12.0. The number of amides is 1. The molecule has 4 aromatic carbocycles. The summed E-state index contributed by atoms with van der Waals surface area (Å²) in [6.45, 7) is 0.406. The van der Waals surface area contributed by atoms with E-state index >= 15 is 0 Å². The van der Waals surface area contributed by atoms with Crippen LogP contribution in [-0.4, -0.2) is 18.7 Å². The molecule has 154 valence electrons. The van der Waals surface area contributed by atoms with Crippen molar-refractivity contribution in [3.8, 4) is 11.5 Å². The second-order valence-electron chi connectivity index (χ2n) is 6.93. The molecule has 4 aromatic rings. The van der Waals surface area contributed by atoms with Gasteiger partial charge in [-0.05, 0) is 58.3 Å². The minimum atomic E-state index is -0.327. The third-order valence-electron chi connectivity index (χ3n) is 4.62. The van der Waals surface area contributed by atoms with Crippen LogP contribution < -0.4 is 14.9 Å². The molecular formula is C26H22N2O3. The highest BCUT2D eigenvalue weighted by Gasteiger charge is 2.02. The van der Waals surface area contributed by atoms with Gasteiger partial charge in [-0.25, -0.2) is 5.43 Å². The Kier molecular flexibility index (Phi) is 6.55. The lowest BCUT2D eigenvalue weighted by atomic mass is 10.1. The first kappa shape index (κ1) is 20.2. The van der Waals surface area contributed by atoms with Crippen molar-refractivity contribution < 1.29 is 14.3 Å². The Balaban J connectivity index is 1.22. The Morgan fingerprint density at radius 1 is 0.774 bits per heavy atom. The first-order valence-corrected chi connectivity index (χ1v) is 9.96. The van der Waals surface area contributed by atoms with Crippen LogP contribution in [0.15, 0.2) is 102 Å². The lowest BCUT2D eigenvalue weighted by Crippen LogP contribution is -2.24. The molecule has 1 N–H and O–H groups in total. The summed E-state index contributed by atoms with van der Waals surface area (Å²) in [5.41, 5.74) is 4.44. The fourth-order valence-electron chi connectivity index (χ4n) is 3.01. The maximum Gasteiger partial charge on any atom is 0.277 e. The summed E-state index contributed by atoms with van der Waals surface area (Å²) in [5, 5.41) is 6.17. The maximum absolute atomic E-state index is 12.0. The minimum absolute atomic E-state index is 0.109. The van der Waals surface area contributed by atoms with Gasteiger partial charge in [-0.2, -0.15) is 5.10 Å². The topological polar surface area (TPSA) is 59.9 Å². The van der Waals surface area contributed by atoms with Gasteiger partial charge in [-0.3, -0.25) is 4.79 Å². The smallest absolute Gasteiger partial charge is 0.277 e. The van der Waals surface area contributed by atoms with Crippen molar-refractivity contribution in [2.45, 2.75) is 6.61 Å². The zero-order valence-corrected chi connectivity index (χ0v) is 16.9. The molecule has 0 fully saturated rings. The number of ether oxygens (including phenoxy) is 2. The van der Waals surface area contributed by atoms with Gasteiger partial charge in [-0.15, -0.1) is 0 Å². The molecule has 0 aliphatic rings. The van der Waals surface area contributed by atoms with E-state index in [-0.39, 0.29) is 12.5 Å². The van der Waals surface area contributed by atoms with Crippen LogP contribution in [0.5, 0.6) is 11.5 Å². The highest BCUT2D eigenvalue weighted by atomic mass is 16.5. The van der Waals surface area contributed by atoms with Crippen molar-refractivity contribution in [2.75, 3.05) is 6.61 Å². The number of hydrazone groups is 1. The summed E-state index contributed by atoms with van der Waals surface area (Å²) in [6.07, 6.45) is 1.58. The number of hydrogen-bond donors (Lipinski definition) is 1. The molecule has 0 aromatic heterocycles. The average molecular weight is 410 g/mol. The number of rotatable bonds is 8. The fourth-order valence-corrected chi connectivity index (χ4v) is 3.01. The van der Waals surface area contributed by atoms with Gasteiger partial charge in [0.1, 0.15) is 18.1 Å². The molecule has 0 spiro atoms. The van der Waals surface area contributed by atoms with Gasteiger partial charge in [-0.1, -0.05) is 60.7 Å². The molecule has 0 aliphatic carbocycles. The molecule has 0 saturated carbocycles. The Labute approximate surface area is 180 Å². The Morgan fingerprint density at radius 2 is 1.48 bits per heavy atom. The quantitative estimate of drug-likeness (QED) is 0.330. The normalized spacial score (nSPS) is 10.8. The van der Waals surface area contributed by atoms with E-state index in [9.17, 15) is 4.79 Å². The number of benzene rings is 4. The van der Waals surface area contributed by atoms with E-state index in [2.05, 4.69) is 10.5 Å². The third kappa shape index (κ3) is 5.93. The van der Waals surface area contributed by atoms with Crippen LogP contribution in [0.3, 0.4) is 0 Å². The van der Waals surface area contributed by atoms with Crippen LogP contribution in [0, 0.1) is 0 Å². The minimum Gasteiger partial charge on any atom is -0.489 e. The van der Waals surface area contributed by atoms with E-state index in [0.29, 0.717) is 12.4 Å². The van der Waals surface area contributed by atoms with E-state index in [1.807, 2.05) is 97.1 Å². The molecule has 1 amide bonds. The van der Waals surface area contributed by atoms with E-state index in [1.165, 1.54) is 0 Å².